The molecule has 1 aromatic carbocycles. The highest BCUT2D eigenvalue weighted by atomic mass is 35.5. The SMILES string of the molecule is Cc1cc(C(=O)CN2C(=O)N[C@](C)(c3ccc(Cl)cc3Cl)C2=O)c(C)n1Cc1cccs1. The van der Waals surface area contributed by atoms with Crippen LogP contribution in [0.2, 0.25) is 10.0 Å². The molecule has 9 heteroatoms. The Labute approximate surface area is 199 Å². The number of nitrogens with one attached hydrogen (secondary N) is 1. The normalized spacial score (nSPS) is 18.3. The van der Waals surface area contributed by atoms with E-state index in [0.29, 0.717) is 22.7 Å². The van der Waals surface area contributed by atoms with Crippen LogP contribution in [-0.2, 0) is 16.9 Å². The monoisotopic (exact) mass is 489 g/mol. The molecule has 1 aliphatic heterocycles. The van der Waals surface area contributed by atoms with Gasteiger partial charge in [0.15, 0.2) is 5.78 Å². The van der Waals surface area contributed by atoms with Crippen molar-refractivity contribution in [2.24, 2.45) is 0 Å². The number of Topliss-reactive ketones (excluding diaryl/α,β-unsaturated/α-hetero) is 1. The van der Waals surface area contributed by atoms with Crippen molar-refractivity contribution in [2.45, 2.75) is 32.9 Å². The molecular formula is C23H21Cl2N3O3S. The summed E-state index contributed by atoms with van der Waals surface area (Å²) in [6.45, 7) is 5.69. The third-order valence-corrected chi connectivity index (χ3v) is 7.22. The number of carbonyl (C=O) groups excluding carboxylic acids is 3. The Morgan fingerprint density at radius 3 is 2.56 bits per heavy atom. The average molecular weight is 490 g/mol. The van der Waals surface area contributed by atoms with Gasteiger partial charge in [-0.3, -0.25) is 14.5 Å². The number of imide groups is 1. The zero-order valence-electron chi connectivity index (χ0n) is 17.7. The lowest BCUT2D eigenvalue weighted by molar-refractivity contribution is -0.130. The zero-order valence-corrected chi connectivity index (χ0v) is 20.1. The number of ketones is 1. The van der Waals surface area contributed by atoms with E-state index in [4.69, 9.17) is 23.2 Å². The lowest BCUT2D eigenvalue weighted by Gasteiger charge is -2.23. The number of hydrogen-bond donors (Lipinski definition) is 1. The van der Waals surface area contributed by atoms with E-state index in [2.05, 4.69) is 9.88 Å². The number of thiophene rings is 1. The van der Waals surface area contributed by atoms with E-state index in [1.165, 1.54) is 10.9 Å². The molecule has 2 aromatic heterocycles. The molecule has 0 unspecified atom stereocenters. The highest BCUT2D eigenvalue weighted by Gasteiger charge is 2.50. The Balaban J connectivity index is 1.57. The average Bonchev–Trinajstić information content (AvgIpc) is 3.39. The first kappa shape index (κ1) is 22.6. The van der Waals surface area contributed by atoms with Gasteiger partial charge in [-0.1, -0.05) is 35.3 Å². The fraction of sp³-hybridized carbons (Fsp3) is 0.261. The largest absolute Gasteiger partial charge is 0.343 e. The standard InChI is InChI=1S/C23H21Cl2N3O3S/c1-13-9-17(14(2)27(13)11-16-5-4-8-32-16)20(29)12-28-21(30)23(3,26-22(28)31)18-7-6-15(24)10-19(18)25/h4-10H,11-12H2,1-3H3,(H,26,31)/t23-/m1/s1. The molecule has 0 radical (unpaired) electrons. The summed E-state index contributed by atoms with van der Waals surface area (Å²) in [6.07, 6.45) is 0. The third kappa shape index (κ3) is 3.85. The molecular weight excluding hydrogens is 469 g/mol. The molecule has 1 saturated heterocycles. The van der Waals surface area contributed by atoms with Crippen molar-refractivity contribution in [2.75, 3.05) is 6.54 Å². The molecule has 4 rings (SSSR count). The summed E-state index contributed by atoms with van der Waals surface area (Å²) >= 11 is 13.9. The van der Waals surface area contributed by atoms with E-state index in [0.717, 1.165) is 16.3 Å². The van der Waals surface area contributed by atoms with Gasteiger partial charge in [0.2, 0.25) is 0 Å². The molecule has 0 aliphatic carbocycles. The Morgan fingerprint density at radius 1 is 1.16 bits per heavy atom. The van der Waals surface area contributed by atoms with E-state index < -0.39 is 17.5 Å². The molecule has 3 aromatic rings. The molecule has 1 atom stereocenters. The van der Waals surface area contributed by atoms with E-state index >= 15 is 0 Å². The number of halogens is 2. The zero-order chi connectivity index (χ0) is 23.2. The second-order valence-electron chi connectivity index (χ2n) is 7.94. The summed E-state index contributed by atoms with van der Waals surface area (Å²) in [6, 6.07) is 9.92. The minimum Gasteiger partial charge on any atom is -0.343 e. The van der Waals surface area contributed by atoms with E-state index in [-0.39, 0.29) is 17.4 Å². The van der Waals surface area contributed by atoms with Crippen LogP contribution in [0, 0.1) is 13.8 Å². The number of nitrogens with zero attached hydrogens (tertiary/aromatic N) is 2. The van der Waals surface area contributed by atoms with Gasteiger partial charge in [0, 0.05) is 37.4 Å². The Kier molecular flexibility index (Phi) is 5.92. The van der Waals surface area contributed by atoms with Gasteiger partial charge >= 0.3 is 6.03 Å². The number of aromatic nitrogens is 1. The summed E-state index contributed by atoms with van der Waals surface area (Å²) < 4.78 is 2.06. The summed E-state index contributed by atoms with van der Waals surface area (Å²) in [4.78, 5) is 41.1. The second kappa shape index (κ2) is 8.39. The number of urea groups is 1. The first-order valence-electron chi connectivity index (χ1n) is 9.93. The van der Waals surface area contributed by atoms with Gasteiger partial charge in [-0.25, -0.2) is 4.79 Å². The fourth-order valence-corrected chi connectivity index (χ4v) is 5.32. The number of hydrogen-bond acceptors (Lipinski definition) is 4. The number of amides is 3. The van der Waals surface area contributed by atoms with E-state index in [1.54, 1.807) is 36.5 Å². The number of carbonyl (C=O) groups is 3. The van der Waals surface area contributed by atoms with Crippen LogP contribution in [0.15, 0.2) is 41.8 Å². The van der Waals surface area contributed by atoms with Crippen LogP contribution in [0.25, 0.3) is 0 Å². The molecule has 32 heavy (non-hydrogen) atoms. The fourth-order valence-electron chi connectivity index (χ4n) is 4.03. The summed E-state index contributed by atoms with van der Waals surface area (Å²) in [5.74, 6) is -0.835. The third-order valence-electron chi connectivity index (χ3n) is 5.81. The van der Waals surface area contributed by atoms with Crippen molar-refractivity contribution in [3.63, 3.8) is 0 Å². The molecule has 166 valence electrons. The van der Waals surface area contributed by atoms with Gasteiger partial charge in [-0.2, -0.15) is 0 Å². The Hall–Kier alpha value is -2.61. The predicted molar refractivity (Wildman–Crippen MR) is 126 cm³/mol. The second-order valence-corrected chi connectivity index (χ2v) is 9.82. The first-order chi connectivity index (χ1) is 15.1. The number of aryl methyl sites for hydroxylation is 1. The quantitative estimate of drug-likeness (QED) is 0.383. The highest BCUT2D eigenvalue weighted by molar-refractivity contribution is 7.09. The van der Waals surface area contributed by atoms with Crippen LogP contribution in [-0.4, -0.2) is 33.7 Å². The van der Waals surface area contributed by atoms with Crippen LogP contribution >= 0.6 is 34.5 Å². The van der Waals surface area contributed by atoms with Gasteiger partial charge in [0.1, 0.15) is 5.54 Å². The number of rotatable bonds is 6. The maximum absolute atomic E-state index is 13.2. The molecule has 0 saturated carbocycles. The molecule has 1 fully saturated rings. The molecule has 1 aliphatic rings. The predicted octanol–water partition coefficient (Wildman–Crippen LogP) is 5.17. The van der Waals surface area contributed by atoms with Gasteiger partial charge in [-0.15, -0.1) is 11.3 Å². The van der Waals surface area contributed by atoms with Crippen molar-refractivity contribution in [1.29, 1.82) is 0 Å². The van der Waals surface area contributed by atoms with Crippen LogP contribution in [0.5, 0.6) is 0 Å². The van der Waals surface area contributed by atoms with Gasteiger partial charge in [0.25, 0.3) is 5.91 Å². The topological polar surface area (TPSA) is 71.4 Å². The van der Waals surface area contributed by atoms with Crippen LogP contribution in [0.3, 0.4) is 0 Å². The summed E-state index contributed by atoms with van der Waals surface area (Å²) in [5, 5.41) is 5.37. The molecule has 1 N–H and O–H groups in total. The smallest absolute Gasteiger partial charge is 0.325 e. The molecule has 3 amide bonds. The van der Waals surface area contributed by atoms with Crippen molar-refractivity contribution >= 4 is 52.3 Å². The van der Waals surface area contributed by atoms with Crippen molar-refractivity contribution in [3.05, 3.63) is 79.2 Å². The van der Waals surface area contributed by atoms with Crippen LogP contribution in [0.1, 0.15) is 39.1 Å². The summed E-state index contributed by atoms with van der Waals surface area (Å²) in [7, 11) is 0. The summed E-state index contributed by atoms with van der Waals surface area (Å²) in [5.41, 5.74) is 1.28. The van der Waals surface area contributed by atoms with Crippen molar-refractivity contribution in [1.82, 2.24) is 14.8 Å². The van der Waals surface area contributed by atoms with Crippen molar-refractivity contribution in [3.8, 4) is 0 Å². The lowest BCUT2D eigenvalue weighted by Crippen LogP contribution is -2.41. The number of benzene rings is 1. The molecule has 3 heterocycles. The van der Waals surface area contributed by atoms with Crippen molar-refractivity contribution < 1.29 is 14.4 Å². The molecule has 6 nitrogen and oxygen atoms in total. The lowest BCUT2D eigenvalue weighted by atomic mass is 9.92. The molecule has 0 spiro atoms. The Morgan fingerprint density at radius 2 is 1.91 bits per heavy atom. The van der Waals surface area contributed by atoms with Gasteiger partial charge in [0.05, 0.1) is 13.1 Å². The first-order valence-corrected chi connectivity index (χ1v) is 11.6. The van der Waals surface area contributed by atoms with Gasteiger partial charge in [-0.05, 0) is 50.4 Å². The van der Waals surface area contributed by atoms with E-state index in [1.807, 2.05) is 31.4 Å². The molecule has 0 bridgehead atoms. The van der Waals surface area contributed by atoms with E-state index in [9.17, 15) is 14.4 Å². The highest BCUT2D eigenvalue weighted by Crippen LogP contribution is 2.35. The maximum atomic E-state index is 13.2. The van der Waals surface area contributed by atoms with Gasteiger partial charge < -0.3 is 9.88 Å². The van der Waals surface area contributed by atoms with Crippen LogP contribution in [0.4, 0.5) is 4.79 Å². The van der Waals surface area contributed by atoms with Crippen LogP contribution < -0.4 is 5.32 Å². The Bertz CT molecular complexity index is 1240. The maximum Gasteiger partial charge on any atom is 0.325 e. The minimum absolute atomic E-state index is 0.263. The minimum atomic E-state index is -1.38.